The molecule has 0 heterocycles. The van der Waals surface area contributed by atoms with Crippen LogP contribution in [0.15, 0.2) is 0 Å². The maximum absolute atomic E-state index is 11.7. The number of ether oxygens (including phenoxy) is 1. The molecule has 10 atom stereocenters. The molecule has 4 aliphatic carbocycles. The van der Waals surface area contributed by atoms with Crippen LogP contribution in [0.4, 0.5) is 0 Å². The van der Waals surface area contributed by atoms with Crippen LogP contribution in [0.3, 0.4) is 0 Å². The van der Waals surface area contributed by atoms with Gasteiger partial charge in [0.05, 0.1) is 6.10 Å². The summed E-state index contributed by atoms with van der Waals surface area (Å²) in [5.41, 5.74) is 0.732. The van der Waals surface area contributed by atoms with Gasteiger partial charge in [-0.2, -0.15) is 0 Å². The summed E-state index contributed by atoms with van der Waals surface area (Å²) >= 11 is 0. The Morgan fingerprint density at radius 1 is 1.00 bits per heavy atom. The molecule has 0 aromatic heterocycles. The van der Waals surface area contributed by atoms with Crippen molar-refractivity contribution in [2.24, 2.45) is 52.3 Å². The Bertz CT molecular complexity index is 673. The number of hydrogen-bond acceptors (Lipinski definition) is 3. The molecule has 0 spiro atoms. The lowest BCUT2D eigenvalue weighted by molar-refractivity contribution is -0.183. The van der Waals surface area contributed by atoms with Gasteiger partial charge in [-0.25, -0.2) is 0 Å². The highest BCUT2D eigenvalue weighted by Crippen LogP contribution is 2.68. The largest absolute Gasteiger partial charge is 0.460 e. The summed E-state index contributed by atoms with van der Waals surface area (Å²) < 4.78 is 5.62. The maximum Gasteiger partial charge on any atom is 0.302 e. The van der Waals surface area contributed by atoms with E-state index in [0.29, 0.717) is 11.3 Å². The van der Waals surface area contributed by atoms with Gasteiger partial charge in [-0.1, -0.05) is 53.9 Å². The Labute approximate surface area is 197 Å². The Balaban J connectivity index is 1.48. The van der Waals surface area contributed by atoms with E-state index < -0.39 is 6.10 Å². The van der Waals surface area contributed by atoms with Crippen LogP contribution in [0.1, 0.15) is 112 Å². The monoisotopic (exact) mass is 446 g/mol. The predicted molar refractivity (Wildman–Crippen MR) is 130 cm³/mol. The van der Waals surface area contributed by atoms with Crippen molar-refractivity contribution in [3.05, 3.63) is 0 Å². The third-order valence-electron chi connectivity index (χ3n) is 11.2. The molecule has 32 heavy (non-hydrogen) atoms. The molecule has 0 aliphatic heterocycles. The minimum Gasteiger partial charge on any atom is -0.460 e. The van der Waals surface area contributed by atoms with Gasteiger partial charge in [0.2, 0.25) is 0 Å². The third kappa shape index (κ3) is 4.29. The molecule has 3 heteroatoms. The lowest BCUT2D eigenvalue weighted by Gasteiger charge is -2.62. The molecule has 0 aromatic rings. The van der Waals surface area contributed by atoms with Crippen LogP contribution in [-0.2, 0) is 9.53 Å². The van der Waals surface area contributed by atoms with Crippen LogP contribution in [0.2, 0.25) is 0 Å². The summed E-state index contributed by atoms with van der Waals surface area (Å²) in [6.45, 7) is 13.9. The van der Waals surface area contributed by atoms with Crippen LogP contribution in [0.5, 0.6) is 0 Å². The molecule has 1 N–H and O–H groups in total. The molecule has 0 amide bonds. The second-order valence-electron chi connectivity index (χ2n) is 13.3. The van der Waals surface area contributed by atoms with E-state index in [-0.39, 0.29) is 17.5 Å². The zero-order chi connectivity index (χ0) is 23.3. The molecule has 0 bridgehead atoms. The number of carbonyl (C=O) groups excluding carboxylic acids is 1. The first-order valence-corrected chi connectivity index (χ1v) is 13.9. The highest BCUT2D eigenvalue weighted by molar-refractivity contribution is 5.66. The molecule has 0 radical (unpaired) electrons. The molecule has 4 aliphatic rings. The smallest absolute Gasteiger partial charge is 0.302 e. The molecule has 4 fully saturated rings. The first kappa shape index (κ1) is 24.6. The van der Waals surface area contributed by atoms with Gasteiger partial charge in [-0.15, -0.1) is 0 Å². The molecule has 4 saturated carbocycles. The summed E-state index contributed by atoms with van der Waals surface area (Å²) in [5.74, 6) is 5.35. The number of rotatable bonds is 6. The normalized spacial score (nSPS) is 46.8. The molecular weight excluding hydrogens is 396 g/mol. The number of fused-ring (bicyclic) bond motifs is 5. The topological polar surface area (TPSA) is 46.5 Å². The van der Waals surface area contributed by atoms with Gasteiger partial charge in [-0.05, 0) is 104 Å². The predicted octanol–water partition coefficient (Wildman–Crippen LogP) is 7.01. The van der Waals surface area contributed by atoms with Gasteiger partial charge in [0.25, 0.3) is 0 Å². The van der Waals surface area contributed by atoms with Crippen LogP contribution in [0.25, 0.3) is 0 Å². The van der Waals surface area contributed by atoms with Crippen LogP contribution < -0.4 is 0 Å². The van der Waals surface area contributed by atoms with Crippen molar-refractivity contribution in [3.8, 4) is 0 Å². The zero-order valence-electron chi connectivity index (χ0n) is 21.7. The SMILES string of the molecule is CC(=O)OC1CC2(C)C(CCC3C2CCC2(C)C(C(C)CCCC(C)C)CCC32)CC1O. The lowest BCUT2D eigenvalue weighted by Crippen LogP contribution is -2.57. The van der Waals surface area contributed by atoms with Crippen molar-refractivity contribution in [3.63, 3.8) is 0 Å². The number of carbonyl (C=O) groups is 1. The van der Waals surface area contributed by atoms with E-state index >= 15 is 0 Å². The first-order valence-electron chi connectivity index (χ1n) is 13.9. The number of hydrogen-bond donors (Lipinski definition) is 1. The molecular formula is C29H50O3. The van der Waals surface area contributed by atoms with Crippen LogP contribution in [-0.4, -0.2) is 23.3 Å². The third-order valence-corrected chi connectivity index (χ3v) is 11.2. The quantitative estimate of drug-likeness (QED) is 0.446. The molecule has 184 valence electrons. The maximum atomic E-state index is 11.7. The van der Waals surface area contributed by atoms with Crippen molar-refractivity contribution in [1.29, 1.82) is 0 Å². The van der Waals surface area contributed by atoms with Crippen molar-refractivity contribution in [1.82, 2.24) is 0 Å². The highest BCUT2D eigenvalue weighted by atomic mass is 16.6. The Kier molecular flexibility index (Phi) is 7.08. The average Bonchev–Trinajstić information content (AvgIpc) is 3.05. The summed E-state index contributed by atoms with van der Waals surface area (Å²) in [6, 6.07) is 0. The van der Waals surface area contributed by atoms with Gasteiger partial charge in [0, 0.05) is 6.92 Å². The fourth-order valence-electron chi connectivity index (χ4n) is 9.61. The Morgan fingerprint density at radius 3 is 2.41 bits per heavy atom. The molecule has 0 saturated heterocycles. The lowest BCUT2D eigenvalue weighted by atomic mass is 9.44. The van der Waals surface area contributed by atoms with E-state index in [1.54, 1.807) is 0 Å². The summed E-state index contributed by atoms with van der Waals surface area (Å²) in [4.78, 5) is 11.7. The van der Waals surface area contributed by atoms with Crippen molar-refractivity contribution < 1.29 is 14.6 Å². The van der Waals surface area contributed by atoms with E-state index in [1.807, 2.05) is 0 Å². The average molecular weight is 447 g/mol. The van der Waals surface area contributed by atoms with E-state index in [9.17, 15) is 9.90 Å². The fraction of sp³-hybridized carbons (Fsp3) is 0.966. The summed E-state index contributed by atoms with van der Waals surface area (Å²) in [6.07, 6.45) is 13.2. The second-order valence-corrected chi connectivity index (χ2v) is 13.3. The Morgan fingerprint density at radius 2 is 1.72 bits per heavy atom. The van der Waals surface area contributed by atoms with Gasteiger partial charge >= 0.3 is 5.97 Å². The van der Waals surface area contributed by atoms with Crippen LogP contribution in [0, 0.1) is 52.3 Å². The minimum atomic E-state index is -0.482. The van der Waals surface area contributed by atoms with Gasteiger partial charge in [-0.3, -0.25) is 4.79 Å². The standard InChI is InChI=1S/C29H50O3/c1-18(2)8-7-9-19(3)23-12-13-24-22-11-10-21-16-26(31)27(32-20(4)30)17-29(21,6)25(22)14-15-28(23,24)5/h18-19,21-27,31H,7-17H2,1-6H3. The van der Waals surface area contributed by atoms with E-state index in [0.717, 1.165) is 48.3 Å². The first-order chi connectivity index (χ1) is 15.1. The van der Waals surface area contributed by atoms with Crippen molar-refractivity contribution in [2.75, 3.05) is 0 Å². The number of aliphatic hydroxyl groups excluding tert-OH is 1. The summed E-state index contributed by atoms with van der Waals surface area (Å²) in [7, 11) is 0. The second kappa shape index (κ2) is 9.23. The highest BCUT2D eigenvalue weighted by Gasteiger charge is 2.61. The van der Waals surface area contributed by atoms with Gasteiger partial charge in [0.15, 0.2) is 0 Å². The minimum absolute atomic E-state index is 0.213. The Hall–Kier alpha value is -0.570. The molecule has 10 unspecified atom stereocenters. The summed E-state index contributed by atoms with van der Waals surface area (Å²) in [5, 5.41) is 10.7. The fourth-order valence-corrected chi connectivity index (χ4v) is 9.61. The van der Waals surface area contributed by atoms with E-state index in [2.05, 4.69) is 34.6 Å². The zero-order valence-corrected chi connectivity index (χ0v) is 21.7. The molecule has 3 nitrogen and oxygen atoms in total. The molecule has 4 rings (SSSR count). The van der Waals surface area contributed by atoms with Crippen molar-refractivity contribution >= 4 is 5.97 Å². The van der Waals surface area contributed by atoms with Crippen molar-refractivity contribution in [2.45, 2.75) is 124 Å². The number of esters is 1. The van der Waals surface area contributed by atoms with E-state index in [4.69, 9.17) is 4.74 Å². The number of aliphatic hydroxyl groups is 1. The van der Waals surface area contributed by atoms with Gasteiger partial charge < -0.3 is 9.84 Å². The molecule has 0 aromatic carbocycles. The van der Waals surface area contributed by atoms with Gasteiger partial charge in [0.1, 0.15) is 6.10 Å². The van der Waals surface area contributed by atoms with E-state index in [1.165, 1.54) is 64.7 Å². The van der Waals surface area contributed by atoms with Crippen LogP contribution >= 0.6 is 0 Å².